The largest absolute Gasteiger partial charge is 0.0856 e. The van der Waals surface area contributed by atoms with E-state index in [1.165, 1.54) is 27.1 Å². The monoisotopic (exact) mass is 106 g/mol. The molecule has 0 nitrogen and oxygen atoms in total. The van der Waals surface area contributed by atoms with Gasteiger partial charge in [0.15, 0.2) is 0 Å². The van der Waals surface area contributed by atoms with E-state index in [1.54, 1.807) is 0 Å². The van der Waals surface area contributed by atoms with Gasteiger partial charge in [-0.25, -0.2) is 0 Å². The van der Waals surface area contributed by atoms with E-state index in [2.05, 4.69) is 22.4 Å². The van der Waals surface area contributed by atoms with Gasteiger partial charge in [-0.05, 0) is 0 Å². The van der Waals surface area contributed by atoms with Crippen molar-refractivity contribution in [2.24, 2.45) is 0 Å². The number of hydrogen-bond acceptors (Lipinski definition) is 0. The second kappa shape index (κ2) is 5.40. The maximum atomic E-state index is 2.33. The van der Waals surface area contributed by atoms with Crippen molar-refractivity contribution in [2.75, 3.05) is 0 Å². The van der Waals surface area contributed by atoms with Crippen LogP contribution >= 0.6 is 0 Å². The SMILES string of the molecule is BBCCC(C)BB. The Labute approximate surface area is 56.1 Å². The minimum absolute atomic E-state index is 0.954. The molecule has 0 aromatic rings. The molecule has 0 bridgehead atoms. The molecule has 8 heavy (non-hydrogen) atoms. The lowest BCUT2D eigenvalue weighted by molar-refractivity contribution is 0.874. The Bertz CT molecular complexity index is 47.3. The van der Waals surface area contributed by atoms with Crippen LogP contribution in [0.5, 0.6) is 0 Å². The summed E-state index contributed by atoms with van der Waals surface area (Å²) < 4.78 is 0. The van der Waals surface area contributed by atoms with Crippen LogP contribution in [0.2, 0.25) is 12.1 Å². The highest BCUT2D eigenvalue weighted by atomic mass is 13.8. The molecule has 0 radical (unpaired) electrons. The molecule has 0 fully saturated rings. The quantitative estimate of drug-likeness (QED) is 0.385. The lowest BCUT2D eigenvalue weighted by atomic mass is 9.44. The van der Waals surface area contributed by atoms with E-state index in [1.807, 2.05) is 0 Å². The zero-order valence-electron chi connectivity index (χ0n) is 6.41. The van der Waals surface area contributed by atoms with Gasteiger partial charge in [-0.2, -0.15) is 0 Å². The molecule has 0 heterocycles. The summed E-state index contributed by atoms with van der Waals surface area (Å²) in [5.41, 5.74) is 0. The third-order valence-corrected chi connectivity index (χ3v) is 1.75. The molecule has 42 valence electrons. The van der Waals surface area contributed by atoms with Crippen molar-refractivity contribution < 1.29 is 0 Å². The molecule has 0 N–H and O–H groups in total. The van der Waals surface area contributed by atoms with E-state index in [-0.39, 0.29) is 0 Å². The van der Waals surface area contributed by atoms with Crippen LogP contribution in [0.15, 0.2) is 0 Å². The van der Waals surface area contributed by atoms with Gasteiger partial charge in [-0.1, -0.05) is 25.5 Å². The summed E-state index contributed by atoms with van der Waals surface area (Å²) in [6, 6.07) is 0. The second-order valence-electron chi connectivity index (χ2n) is 2.66. The molecule has 0 aliphatic rings. The first-order chi connectivity index (χ1) is 3.81. The van der Waals surface area contributed by atoms with Crippen LogP contribution < -0.4 is 0 Å². The summed E-state index contributed by atoms with van der Waals surface area (Å²) in [4.78, 5) is 0. The Balaban J connectivity index is 2.86. The van der Waals surface area contributed by atoms with Crippen LogP contribution in [0.25, 0.3) is 0 Å². The third kappa shape index (κ3) is 4.42. The molecule has 0 aromatic carbocycles. The summed E-state index contributed by atoms with van der Waals surface area (Å²) in [5.74, 6) is 0.954. The predicted octanol–water partition coefficient (Wildman–Crippen LogP) is -1.43. The molecule has 0 saturated heterocycles. The van der Waals surface area contributed by atoms with E-state index < -0.39 is 0 Å². The molecule has 0 aromatic heterocycles. The fraction of sp³-hybridized carbons (Fsp3) is 1.00. The van der Waals surface area contributed by atoms with Crippen molar-refractivity contribution in [3.05, 3.63) is 0 Å². The van der Waals surface area contributed by atoms with Crippen LogP contribution in [-0.2, 0) is 0 Å². The molecule has 0 aliphatic carbocycles. The molecule has 0 aliphatic heterocycles. The molecule has 0 amide bonds. The van der Waals surface area contributed by atoms with Gasteiger partial charge in [0.05, 0.1) is 29.8 Å². The normalized spacial score (nSPS) is 12.6. The summed E-state index contributed by atoms with van der Waals surface area (Å²) in [5, 5.41) is 0. The predicted molar refractivity (Wildman–Crippen MR) is 50.2 cm³/mol. The summed E-state index contributed by atoms with van der Waals surface area (Å²) in [6.07, 6.45) is 2.84. The second-order valence-corrected chi connectivity index (χ2v) is 2.66. The molecule has 4 heteroatoms. The fourth-order valence-corrected chi connectivity index (χ4v) is 0.757. The average Bonchev–Trinajstić information content (AvgIpc) is 1.83. The Hall–Kier alpha value is 0.260. The molecular formula is C4H14B4. The van der Waals surface area contributed by atoms with Crippen LogP contribution in [0.3, 0.4) is 0 Å². The third-order valence-electron chi connectivity index (χ3n) is 1.75. The summed E-state index contributed by atoms with van der Waals surface area (Å²) in [7, 11) is 7.22. The highest BCUT2D eigenvalue weighted by Crippen LogP contribution is 2.07. The van der Waals surface area contributed by atoms with Gasteiger partial charge in [0.25, 0.3) is 0 Å². The summed E-state index contributed by atoms with van der Waals surface area (Å²) in [6.45, 7) is 2.33. The van der Waals surface area contributed by atoms with Crippen molar-refractivity contribution in [1.29, 1.82) is 0 Å². The van der Waals surface area contributed by atoms with Crippen LogP contribution in [0.1, 0.15) is 13.3 Å². The smallest absolute Gasteiger partial charge is 0.0854 e. The fourth-order valence-electron chi connectivity index (χ4n) is 0.757. The first-order valence-corrected chi connectivity index (χ1v) is 3.81. The zero-order valence-corrected chi connectivity index (χ0v) is 6.41. The highest BCUT2D eigenvalue weighted by molar-refractivity contribution is 6.90. The van der Waals surface area contributed by atoms with Crippen molar-refractivity contribution in [2.45, 2.75) is 25.5 Å². The standard InChI is InChI=1S/C4H14B4/c1-4(8-6)2-3-7-5/h4,7-8H,2-3,5-6H2,1H3. The molecule has 0 rings (SSSR count). The maximum absolute atomic E-state index is 2.33. The van der Waals surface area contributed by atoms with Gasteiger partial charge < -0.3 is 0 Å². The molecule has 0 spiro atoms. The molecule has 1 atom stereocenters. The van der Waals surface area contributed by atoms with E-state index >= 15 is 0 Å². The maximum Gasteiger partial charge on any atom is 0.0856 e. The highest BCUT2D eigenvalue weighted by Gasteiger charge is 1.96. The van der Waals surface area contributed by atoms with Crippen LogP contribution in [0, 0.1) is 0 Å². The van der Waals surface area contributed by atoms with Gasteiger partial charge in [-0.3, -0.25) is 0 Å². The zero-order chi connectivity index (χ0) is 6.41. The molecule has 0 saturated carbocycles. The molecular weight excluding hydrogens is 91.3 g/mol. The van der Waals surface area contributed by atoms with Crippen molar-refractivity contribution >= 4 is 29.8 Å². The Morgan fingerprint density at radius 3 is 2.50 bits per heavy atom. The van der Waals surface area contributed by atoms with Gasteiger partial charge in [0.1, 0.15) is 0 Å². The van der Waals surface area contributed by atoms with E-state index in [0.717, 1.165) is 5.82 Å². The summed E-state index contributed by atoms with van der Waals surface area (Å²) >= 11 is 0. The van der Waals surface area contributed by atoms with Gasteiger partial charge in [0, 0.05) is 0 Å². The van der Waals surface area contributed by atoms with Crippen LogP contribution in [-0.4, -0.2) is 29.8 Å². The van der Waals surface area contributed by atoms with Crippen molar-refractivity contribution in [1.82, 2.24) is 0 Å². The van der Waals surface area contributed by atoms with Gasteiger partial charge >= 0.3 is 0 Å². The number of rotatable bonds is 4. The van der Waals surface area contributed by atoms with Crippen LogP contribution in [0.4, 0.5) is 0 Å². The lowest BCUT2D eigenvalue weighted by Crippen LogP contribution is -2.00. The van der Waals surface area contributed by atoms with E-state index in [4.69, 9.17) is 0 Å². The minimum Gasteiger partial charge on any atom is -0.0854 e. The van der Waals surface area contributed by atoms with Gasteiger partial charge in [-0.15, -0.1) is 0 Å². The first-order valence-electron chi connectivity index (χ1n) is 3.81. The average molecular weight is 105 g/mol. The first kappa shape index (κ1) is 8.26. The molecule has 1 unspecified atom stereocenters. The lowest BCUT2D eigenvalue weighted by Gasteiger charge is -2.03. The Kier molecular flexibility index (Phi) is 5.57. The van der Waals surface area contributed by atoms with Crippen molar-refractivity contribution in [3.63, 3.8) is 0 Å². The van der Waals surface area contributed by atoms with Crippen molar-refractivity contribution in [3.8, 4) is 0 Å². The minimum atomic E-state index is 0.954. The topological polar surface area (TPSA) is 0 Å². The van der Waals surface area contributed by atoms with E-state index in [0.29, 0.717) is 0 Å². The number of hydrogen-bond donors (Lipinski definition) is 0. The Morgan fingerprint density at radius 1 is 1.50 bits per heavy atom. The Morgan fingerprint density at radius 2 is 2.12 bits per heavy atom. The van der Waals surface area contributed by atoms with Gasteiger partial charge in [0.2, 0.25) is 0 Å². The van der Waals surface area contributed by atoms with E-state index in [9.17, 15) is 0 Å².